The Hall–Kier alpha value is -1.83. The number of carbonyl (C=O) groups is 3. The highest BCUT2D eigenvalue weighted by atomic mass is 16.6. The second-order valence-corrected chi connectivity index (χ2v) is 10.2. The summed E-state index contributed by atoms with van der Waals surface area (Å²) >= 11 is 0. The van der Waals surface area contributed by atoms with Gasteiger partial charge in [-0.05, 0) is 66.8 Å². The molecule has 1 aliphatic rings. The Labute approximate surface area is 174 Å². The molecule has 0 aromatic carbocycles. The van der Waals surface area contributed by atoms with Gasteiger partial charge in [0, 0.05) is 13.1 Å². The van der Waals surface area contributed by atoms with E-state index in [9.17, 15) is 19.5 Å². The quantitative estimate of drug-likeness (QED) is 0.464. The van der Waals surface area contributed by atoms with Crippen molar-refractivity contribution in [3.63, 3.8) is 0 Å². The average molecular weight is 415 g/mol. The number of carbonyl (C=O) groups excluding carboxylic acids is 2. The minimum absolute atomic E-state index is 0.0460. The zero-order valence-electron chi connectivity index (χ0n) is 19.1. The number of hydrogen-bond donors (Lipinski definition) is 2. The Balaban J connectivity index is 2.54. The molecule has 0 aromatic rings. The number of amides is 1. The summed E-state index contributed by atoms with van der Waals surface area (Å²) in [5.74, 6) is -1.17. The molecule has 1 fully saturated rings. The van der Waals surface area contributed by atoms with E-state index >= 15 is 0 Å². The van der Waals surface area contributed by atoms with Crippen molar-refractivity contribution in [3.05, 3.63) is 0 Å². The third kappa shape index (κ3) is 7.84. The number of likely N-dealkylation sites (tertiary alicyclic amines) is 1. The molecule has 0 bridgehead atoms. The number of carboxylic acids is 1. The largest absolute Gasteiger partial charge is 0.481 e. The predicted octanol–water partition coefficient (Wildman–Crippen LogP) is 3.04. The first-order valence-corrected chi connectivity index (χ1v) is 10.2. The molecule has 1 heterocycles. The zero-order valence-corrected chi connectivity index (χ0v) is 19.1. The van der Waals surface area contributed by atoms with Crippen molar-refractivity contribution in [1.82, 2.24) is 10.2 Å². The lowest BCUT2D eigenvalue weighted by molar-refractivity contribution is -0.161. The van der Waals surface area contributed by atoms with Crippen molar-refractivity contribution in [3.8, 4) is 0 Å². The maximum Gasteiger partial charge on any atom is 0.410 e. The lowest BCUT2D eigenvalue weighted by atomic mass is 9.76. The molecule has 29 heavy (non-hydrogen) atoms. The molecule has 168 valence electrons. The molecule has 0 unspecified atom stereocenters. The zero-order chi connectivity index (χ0) is 22.6. The van der Waals surface area contributed by atoms with Gasteiger partial charge in [0.1, 0.15) is 22.7 Å². The summed E-state index contributed by atoms with van der Waals surface area (Å²) in [6, 6.07) is -0.449. The van der Waals surface area contributed by atoms with Gasteiger partial charge < -0.3 is 24.8 Å². The first kappa shape index (κ1) is 25.2. The monoisotopic (exact) mass is 414 g/mol. The van der Waals surface area contributed by atoms with Crippen LogP contribution >= 0.6 is 0 Å². The summed E-state index contributed by atoms with van der Waals surface area (Å²) in [7, 11) is 0. The third-order valence-corrected chi connectivity index (χ3v) is 4.62. The number of hydrogen-bond acceptors (Lipinski definition) is 6. The van der Waals surface area contributed by atoms with Crippen LogP contribution in [0.2, 0.25) is 0 Å². The van der Waals surface area contributed by atoms with Gasteiger partial charge in [-0.25, -0.2) is 4.79 Å². The summed E-state index contributed by atoms with van der Waals surface area (Å²) in [5, 5.41) is 12.8. The molecule has 1 amide bonds. The van der Waals surface area contributed by atoms with Crippen LogP contribution in [0.5, 0.6) is 0 Å². The molecule has 1 rings (SSSR count). The minimum Gasteiger partial charge on any atom is -0.481 e. The Morgan fingerprint density at radius 1 is 1.03 bits per heavy atom. The second kappa shape index (κ2) is 9.32. The van der Waals surface area contributed by atoms with Crippen molar-refractivity contribution >= 4 is 18.0 Å². The summed E-state index contributed by atoms with van der Waals surface area (Å²) < 4.78 is 10.8. The van der Waals surface area contributed by atoms with Gasteiger partial charge in [0.2, 0.25) is 0 Å². The van der Waals surface area contributed by atoms with E-state index < -0.39 is 34.7 Å². The van der Waals surface area contributed by atoms with Gasteiger partial charge in [0.25, 0.3) is 0 Å². The van der Waals surface area contributed by atoms with Gasteiger partial charge >= 0.3 is 18.0 Å². The van der Waals surface area contributed by atoms with E-state index in [0.29, 0.717) is 19.4 Å². The molecule has 0 aliphatic carbocycles. The van der Waals surface area contributed by atoms with Crippen molar-refractivity contribution in [2.75, 3.05) is 19.6 Å². The van der Waals surface area contributed by atoms with Gasteiger partial charge in [-0.15, -0.1) is 0 Å². The molecule has 0 aromatic heterocycles. The molecule has 2 N–H and O–H groups in total. The molecular weight excluding hydrogens is 376 g/mol. The van der Waals surface area contributed by atoms with Crippen LogP contribution in [0.15, 0.2) is 0 Å². The lowest BCUT2D eigenvalue weighted by Gasteiger charge is -2.47. The van der Waals surface area contributed by atoms with E-state index in [0.717, 1.165) is 0 Å². The van der Waals surface area contributed by atoms with Crippen molar-refractivity contribution in [2.24, 2.45) is 11.3 Å². The number of esters is 1. The van der Waals surface area contributed by atoms with Crippen LogP contribution in [0, 0.1) is 11.3 Å². The fourth-order valence-corrected chi connectivity index (χ4v) is 3.18. The number of rotatable bonds is 8. The highest BCUT2D eigenvalue weighted by molar-refractivity contribution is 5.80. The van der Waals surface area contributed by atoms with Crippen LogP contribution in [0.4, 0.5) is 4.79 Å². The van der Waals surface area contributed by atoms with Crippen molar-refractivity contribution in [2.45, 2.75) is 85.5 Å². The van der Waals surface area contributed by atoms with Crippen LogP contribution in [-0.2, 0) is 19.1 Å². The third-order valence-electron chi connectivity index (χ3n) is 4.62. The molecule has 1 atom stereocenters. The fourth-order valence-electron chi connectivity index (χ4n) is 3.18. The Morgan fingerprint density at radius 3 is 1.97 bits per heavy atom. The lowest BCUT2D eigenvalue weighted by Crippen LogP contribution is -2.62. The second-order valence-electron chi connectivity index (χ2n) is 10.2. The first-order chi connectivity index (χ1) is 13.1. The molecular formula is C21H38N2O6. The van der Waals surface area contributed by atoms with E-state index in [1.54, 1.807) is 20.8 Å². The van der Waals surface area contributed by atoms with Crippen LogP contribution in [0.3, 0.4) is 0 Å². The maximum absolute atomic E-state index is 12.4. The number of carboxylic acid groups (broad SMARTS) is 1. The minimum atomic E-state index is -0.960. The van der Waals surface area contributed by atoms with Gasteiger partial charge in [-0.1, -0.05) is 13.8 Å². The normalized spacial score (nSPS) is 17.5. The molecule has 8 heteroatoms. The van der Waals surface area contributed by atoms with Crippen LogP contribution in [0.25, 0.3) is 0 Å². The van der Waals surface area contributed by atoms with E-state index in [-0.39, 0.29) is 25.0 Å². The number of ether oxygens (including phenoxy) is 2. The van der Waals surface area contributed by atoms with E-state index in [4.69, 9.17) is 9.47 Å². The highest BCUT2D eigenvalue weighted by Crippen LogP contribution is 2.36. The van der Waals surface area contributed by atoms with E-state index in [2.05, 4.69) is 5.32 Å². The summed E-state index contributed by atoms with van der Waals surface area (Å²) in [6.07, 6.45) is 0.492. The Morgan fingerprint density at radius 2 is 1.55 bits per heavy atom. The SMILES string of the molecule is CC(C)[C@H](NCCCC1(C(=O)O)CN(C(=O)OC(C)(C)C)C1)C(=O)OC(C)(C)C. The number of nitrogens with zero attached hydrogens (tertiary/aromatic N) is 1. The molecule has 8 nitrogen and oxygen atoms in total. The Bertz CT molecular complexity index is 597. The highest BCUT2D eigenvalue weighted by Gasteiger charge is 2.51. The maximum atomic E-state index is 12.4. The van der Waals surface area contributed by atoms with Gasteiger partial charge in [-0.3, -0.25) is 9.59 Å². The standard InChI is InChI=1S/C21H38N2O6/c1-14(2)15(16(24)28-19(3,4)5)22-11-9-10-21(17(25)26)12-23(13-21)18(27)29-20(6,7)8/h14-15,22H,9-13H2,1-8H3,(H,25,26)/t15-/m0/s1. The van der Waals surface area contributed by atoms with Crippen LogP contribution < -0.4 is 5.32 Å². The van der Waals surface area contributed by atoms with E-state index in [1.807, 2.05) is 34.6 Å². The van der Waals surface area contributed by atoms with Gasteiger partial charge in [0.15, 0.2) is 0 Å². The molecule has 0 saturated carbocycles. The topological polar surface area (TPSA) is 105 Å². The first-order valence-electron chi connectivity index (χ1n) is 10.2. The van der Waals surface area contributed by atoms with Gasteiger partial charge in [0.05, 0.1) is 0 Å². The number of aliphatic carboxylic acids is 1. The van der Waals surface area contributed by atoms with E-state index in [1.165, 1.54) is 4.90 Å². The fraction of sp³-hybridized carbons (Fsp3) is 0.857. The Kier molecular flexibility index (Phi) is 8.10. The van der Waals surface area contributed by atoms with Crippen molar-refractivity contribution < 1.29 is 29.0 Å². The molecule has 0 radical (unpaired) electrons. The average Bonchev–Trinajstić information content (AvgIpc) is 2.43. The van der Waals surface area contributed by atoms with Crippen molar-refractivity contribution in [1.29, 1.82) is 0 Å². The molecule has 0 spiro atoms. The number of nitrogens with one attached hydrogen (secondary N) is 1. The summed E-state index contributed by atoms with van der Waals surface area (Å²) in [6.45, 7) is 15.4. The van der Waals surface area contributed by atoms with Crippen LogP contribution in [-0.4, -0.2) is 64.9 Å². The van der Waals surface area contributed by atoms with Crippen LogP contribution in [0.1, 0.15) is 68.2 Å². The smallest absolute Gasteiger partial charge is 0.410 e. The molecule has 1 saturated heterocycles. The summed E-state index contributed by atoms with van der Waals surface area (Å²) in [5.41, 5.74) is -2.13. The predicted molar refractivity (Wildman–Crippen MR) is 110 cm³/mol. The summed E-state index contributed by atoms with van der Waals surface area (Å²) in [4.78, 5) is 37.6. The van der Waals surface area contributed by atoms with Gasteiger partial charge in [-0.2, -0.15) is 0 Å². The molecule has 1 aliphatic heterocycles.